The predicted octanol–water partition coefficient (Wildman–Crippen LogP) is 3.66. The zero-order valence-electron chi connectivity index (χ0n) is 10.3. The molecule has 0 aromatic heterocycles. The van der Waals surface area contributed by atoms with Gasteiger partial charge in [0, 0.05) is 17.5 Å². The maximum Gasteiger partial charge on any atom is 0.225 e. The molecule has 3 heteroatoms. The molecule has 1 aromatic rings. The number of halogens is 1. The number of hydrogen-bond donors (Lipinski definition) is 0. The third-order valence-corrected chi connectivity index (χ3v) is 3.54. The minimum absolute atomic E-state index is 0.0721. The molecular formula is C14H18ClNO. The molecule has 0 N–H and O–H groups in total. The molecule has 0 radical (unpaired) electrons. The van der Waals surface area contributed by atoms with Crippen LogP contribution in [0.1, 0.15) is 38.3 Å². The summed E-state index contributed by atoms with van der Waals surface area (Å²) in [6, 6.07) is 8.08. The Labute approximate surface area is 108 Å². The Morgan fingerprint density at radius 1 is 1.35 bits per heavy atom. The lowest BCUT2D eigenvalue weighted by Gasteiger charge is -2.26. The third-order valence-electron chi connectivity index (χ3n) is 3.28. The monoisotopic (exact) mass is 251 g/mol. The lowest BCUT2D eigenvalue weighted by molar-refractivity contribution is -0.135. The standard InChI is InChI=1S/C14H18ClNO/c1-10(2)14(17)16-9-3-4-13(16)11-5-7-12(15)8-6-11/h5-8,10,13H,3-4,9H2,1-2H3/t13-/m0/s1. The third kappa shape index (κ3) is 2.63. The Balaban J connectivity index is 2.20. The summed E-state index contributed by atoms with van der Waals surface area (Å²) in [6.07, 6.45) is 2.14. The van der Waals surface area contributed by atoms with E-state index in [-0.39, 0.29) is 17.9 Å². The molecule has 1 fully saturated rings. The first-order valence-corrected chi connectivity index (χ1v) is 6.53. The summed E-state index contributed by atoms with van der Waals surface area (Å²) in [5, 5.41) is 0.744. The molecular weight excluding hydrogens is 234 g/mol. The molecule has 1 amide bonds. The molecule has 0 bridgehead atoms. The zero-order chi connectivity index (χ0) is 12.4. The van der Waals surface area contributed by atoms with Gasteiger partial charge in [-0.05, 0) is 30.5 Å². The fraction of sp³-hybridized carbons (Fsp3) is 0.500. The molecule has 1 atom stereocenters. The Morgan fingerprint density at radius 2 is 2.00 bits per heavy atom. The maximum atomic E-state index is 12.1. The van der Waals surface area contributed by atoms with E-state index in [0.717, 1.165) is 24.4 Å². The minimum Gasteiger partial charge on any atom is -0.335 e. The van der Waals surface area contributed by atoms with Gasteiger partial charge in [-0.1, -0.05) is 37.6 Å². The van der Waals surface area contributed by atoms with Crippen LogP contribution in [0.2, 0.25) is 5.02 Å². The van der Waals surface area contributed by atoms with Crippen molar-refractivity contribution >= 4 is 17.5 Å². The Morgan fingerprint density at radius 3 is 2.59 bits per heavy atom. The van der Waals surface area contributed by atoms with Gasteiger partial charge in [-0.15, -0.1) is 0 Å². The molecule has 0 saturated carbocycles. The van der Waals surface area contributed by atoms with Crippen LogP contribution in [0.25, 0.3) is 0 Å². The number of likely N-dealkylation sites (tertiary alicyclic amines) is 1. The van der Waals surface area contributed by atoms with Gasteiger partial charge >= 0.3 is 0 Å². The topological polar surface area (TPSA) is 20.3 Å². The Kier molecular flexibility index (Phi) is 3.72. The molecule has 1 aliphatic heterocycles. The second-order valence-corrected chi connectivity index (χ2v) is 5.33. The van der Waals surface area contributed by atoms with Gasteiger partial charge in [0.05, 0.1) is 6.04 Å². The largest absolute Gasteiger partial charge is 0.335 e. The highest BCUT2D eigenvalue weighted by molar-refractivity contribution is 6.30. The van der Waals surface area contributed by atoms with E-state index in [1.165, 1.54) is 5.56 Å². The van der Waals surface area contributed by atoms with Gasteiger partial charge < -0.3 is 4.90 Å². The first-order chi connectivity index (χ1) is 8.09. The zero-order valence-corrected chi connectivity index (χ0v) is 11.1. The van der Waals surface area contributed by atoms with Gasteiger partial charge in [0.15, 0.2) is 0 Å². The van der Waals surface area contributed by atoms with E-state index in [2.05, 4.69) is 0 Å². The van der Waals surface area contributed by atoms with Crippen molar-refractivity contribution in [1.82, 2.24) is 4.90 Å². The summed E-state index contributed by atoms with van der Waals surface area (Å²) in [6.45, 7) is 4.80. The highest BCUT2D eigenvalue weighted by Crippen LogP contribution is 2.33. The molecule has 92 valence electrons. The molecule has 1 saturated heterocycles. The molecule has 2 nitrogen and oxygen atoms in total. The first kappa shape index (κ1) is 12.4. The lowest BCUT2D eigenvalue weighted by atomic mass is 10.0. The van der Waals surface area contributed by atoms with Crippen LogP contribution in [0.4, 0.5) is 0 Å². The Hall–Kier alpha value is -1.02. The van der Waals surface area contributed by atoms with E-state index >= 15 is 0 Å². The number of rotatable bonds is 2. The van der Waals surface area contributed by atoms with Crippen LogP contribution in [0.3, 0.4) is 0 Å². The molecule has 1 heterocycles. The quantitative estimate of drug-likeness (QED) is 0.786. The molecule has 0 spiro atoms. The van der Waals surface area contributed by atoms with Crippen molar-refractivity contribution in [1.29, 1.82) is 0 Å². The maximum absolute atomic E-state index is 12.1. The fourth-order valence-electron chi connectivity index (χ4n) is 2.39. The molecule has 1 aromatic carbocycles. The normalized spacial score (nSPS) is 20.0. The molecule has 0 aliphatic carbocycles. The predicted molar refractivity (Wildman–Crippen MR) is 70.0 cm³/mol. The van der Waals surface area contributed by atoms with E-state index < -0.39 is 0 Å². The number of benzene rings is 1. The second kappa shape index (κ2) is 5.09. The van der Waals surface area contributed by atoms with Gasteiger partial charge in [0.1, 0.15) is 0 Å². The summed E-state index contributed by atoms with van der Waals surface area (Å²) < 4.78 is 0. The fourth-order valence-corrected chi connectivity index (χ4v) is 2.52. The van der Waals surface area contributed by atoms with Crippen LogP contribution in [0.5, 0.6) is 0 Å². The minimum atomic E-state index is 0.0721. The highest BCUT2D eigenvalue weighted by Gasteiger charge is 2.30. The Bertz CT molecular complexity index is 399. The molecule has 2 rings (SSSR count). The van der Waals surface area contributed by atoms with Crippen LogP contribution < -0.4 is 0 Å². The number of nitrogens with zero attached hydrogens (tertiary/aromatic N) is 1. The van der Waals surface area contributed by atoms with Gasteiger partial charge in [-0.2, -0.15) is 0 Å². The van der Waals surface area contributed by atoms with Crippen molar-refractivity contribution < 1.29 is 4.79 Å². The van der Waals surface area contributed by atoms with E-state index in [1.54, 1.807) is 0 Å². The number of carbonyl (C=O) groups excluding carboxylic acids is 1. The molecule has 0 unspecified atom stereocenters. The number of amides is 1. The lowest BCUT2D eigenvalue weighted by Crippen LogP contribution is -2.33. The number of carbonyl (C=O) groups is 1. The van der Waals surface area contributed by atoms with Crippen LogP contribution in [-0.4, -0.2) is 17.4 Å². The second-order valence-electron chi connectivity index (χ2n) is 4.90. The van der Waals surface area contributed by atoms with Crippen molar-refractivity contribution in [3.05, 3.63) is 34.9 Å². The van der Waals surface area contributed by atoms with Gasteiger partial charge in [-0.3, -0.25) is 4.79 Å². The summed E-state index contributed by atoms with van der Waals surface area (Å²) in [7, 11) is 0. The summed E-state index contributed by atoms with van der Waals surface area (Å²) in [4.78, 5) is 14.1. The van der Waals surface area contributed by atoms with Crippen LogP contribution in [0, 0.1) is 5.92 Å². The van der Waals surface area contributed by atoms with E-state index in [4.69, 9.17) is 11.6 Å². The SMILES string of the molecule is CC(C)C(=O)N1CCC[C@H]1c1ccc(Cl)cc1. The molecule has 17 heavy (non-hydrogen) atoms. The van der Waals surface area contributed by atoms with Crippen LogP contribution in [-0.2, 0) is 4.79 Å². The first-order valence-electron chi connectivity index (χ1n) is 6.15. The van der Waals surface area contributed by atoms with Gasteiger partial charge in [0.25, 0.3) is 0 Å². The van der Waals surface area contributed by atoms with E-state index in [1.807, 2.05) is 43.0 Å². The highest BCUT2D eigenvalue weighted by atomic mass is 35.5. The smallest absolute Gasteiger partial charge is 0.225 e. The van der Waals surface area contributed by atoms with Crippen molar-refractivity contribution in [2.24, 2.45) is 5.92 Å². The van der Waals surface area contributed by atoms with Crippen molar-refractivity contribution in [2.75, 3.05) is 6.54 Å². The van der Waals surface area contributed by atoms with Crippen molar-refractivity contribution in [2.45, 2.75) is 32.7 Å². The summed E-state index contributed by atoms with van der Waals surface area (Å²) >= 11 is 5.89. The average molecular weight is 252 g/mol. The summed E-state index contributed by atoms with van der Waals surface area (Å²) in [5.41, 5.74) is 1.20. The van der Waals surface area contributed by atoms with Crippen LogP contribution >= 0.6 is 11.6 Å². The van der Waals surface area contributed by atoms with E-state index in [0.29, 0.717) is 0 Å². The van der Waals surface area contributed by atoms with Gasteiger partial charge in [0.2, 0.25) is 5.91 Å². The number of hydrogen-bond acceptors (Lipinski definition) is 1. The van der Waals surface area contributed by atoms with Crippen molar-refractivity contribution in [3.63, 3.8) is 0 Å². The molecule has 1 aliphatic rings. The van der Waals surface area contributed by atoms with Gasteiger partial charge in [-0.25, -0.2) is 0 Å². The van der Waals surface area contributed by atoms with E-state index in [9.17, 15) is 4.79 Å². The van der Waals surface area contributed by atoms with Crippen LogP contribution in [0.15, 0.2) is 24.3 Å². The summed E-state index contributed by atoms with van der Waals surface area (Å²) in [5.74, 6) is 0.324. The average Bonchev–Trinajstić information content (AvgIpc) is 2.77. The van der Waals surface area contributed by atoms with Crippen molar-refractivity contribution in [3.8, 4) is 0 Å².